The minimum Gasteiger partial charge on any atom is -0.376 e. The van der Waals surface area contributed by atoms with E-state index in [1.165, 1.54) is 0 Å². The van der Waals surface area contributed by atoms with Gasteiger partial charge in [-0.05, 0) is 13.3 Å². The molecule has 0 aliphatic carbocycles. The van der Waals surface area contributed by atoms with E-state index in [4.69, 9.17) is 9.26 Å². The third-order valence-corrected chi connectivity index (χ3v) is 7.70. The zero-order valence-corrected chi connectivity index (χ0v) is 11.4. The second-order valence-electron chi connectivity index (χ2n) is 4.17. The van der Waals surface area contributed by atoms with E-state index in [1.807, 2.05) is 11.4 Å². The summed E-state index contributed by atoms with van der Waals surface area (Å²) < 4.78 is 14.2. The van der Waals surface area contributed by atoms with Gasteiger partial charge in [0.2, 0.25) is 0 Å². The largest absolute Gasteiger partial charge is 0.376 e. The van der Waals surface area contributed by atoms with Gasteiger partial charge in [0.25, 0.3) is 0 Å². The average molecular weight is 249 g/mol. The van der Waals surface area contributed by atoms with Gasteiger partial charge in [-0.2, -0.15) is 0 Å². The Morgan fingerprint density at radius 1 is 1.47 bits per heavy atom. The van der Waals surface area contributed by atoms with Crippen molar-refractivity contribution in [3.8, 4) is 0 Å². The van der Waals surface area contributed by atoms with Crippen LogP contribution in [0.2, 0.25) is 0 Å². The highest BCUT2D eigenvalue weighted by molar-refractivity contribution is 8.54. The Hall–Kier alpha value is 0.660. The topological polar surface area (TPSA) is 21.7 Å². The van der Waals surface area contributed by atoms with Gasteiger partial charge < -0.3 is 9.26 Å². The van der Waals surface area contributed by atoms with Crippen LogP contribution in [0.25, 0.3) is 0 Å². The Morgan fingerprint density at radius 2 is 2.27 bits per heavy atom. The molecule has 2 aliphatic rings. The van der Waals surface area contributed by atoms with Crippen LogP contribution in [0.15, 0.2) is 0 Å². The van der Waals surface area contributed by atoms with Crippen molar-refractivity contribution in [3.05, 3.63) is 0 Å². The molecule has 15 heavy (non-hydrogen) atoms. The second-order valence-corrected chi connectivity index (χ2v) is 7.95. The summed E-state index contributed by atoms with van der Waals surface area (Å²) >= 11 is 2.01. The van der Waals surface area contributed by atoms with Crippen LogP contribution in [0.3, 0.4) is 0 Å². The number of morpholine rings is 1. The van der Waals surface area contributed by atoms with Crippen LogP contribution < -0.4 is 0 Å². The Morgan fingerprint density at radius 3 is 2.87 bits per heavy atom. The quantitative estimate of drug-likeness (QED) is 0.701. The molecule has 0 amide bonds. The van der Waals surface area contributed by atoms with Gasteiger partial charge in [0.1, 0.15) is 0 Å². The third kappa shape index (κ3) is 2.86. The Kier molecular flexibility index (Phi) is 4.31. The normalized spacial score (nSPS) is 43.4. The van der Waals surface area contributed by atoms with Crippen molar-refractivity contribution in [1.82, 2.24) is 4.67 Å². The van der Waals surface area contributed by atoms with Crippen LogP contribution >= 0.6 is 18.9 Å². The lowest BCUT2D eigenvalue weighted by Gasteiger charge is -2.34. The standard InChI is InChI=1S/C10H20NO2PS/c1-4-10-7-11(5-6-12-10)14-13-8(2)9(3)15-14/h8-10H,4-7H2,1-3H3/t8?,9?,10-,14?/m1/s1. The highest BCUT2D eigenvalue weighted by Gasteiger charge is 2.36. The molecule has 3 unspecified atom stereocenters. The van der Waals surface area contributed by atoms with Crippen molar-refractivity contribution >= 4 is 18.9 Å². The summed E-state index contributed by atoms with van der Waals surface area (Å²) in [5, 5.41) is 0.638. The number of rotatable bonds is 2. The fraction of sp³-hybridized carbons (Fsp3) is 1.00. The van der Waals surface area contributed by atoms with Gasteiger partial charge in [-0.3, -0.25) is 0 Å². The van der Waals surface area contributed by atoms with Crippen LogP contribution in [-0.2, 0) is 9.26 Å². The second kappa shape index (κ2) is 5.33. The van der Waals surface area contributed by atoms with E-state index in [9.17, 15) is 0 Å². The summed E-state index contributed by atoms with van der Waals surface area (Å²) in [5.41, 5.74) is 0. The first kappa shape index (κ1) is 12.1. The zero-order chi connectivity index (χ0) is 10.8. The van der Waals surface area contributed by atoms with Crippen LogP contribution in [0.5, 0.6) is 0 Å². The van der Waals surface area contributed by atoms with Crippen molar-refractivity contribution < 1.29 is 9.26 Å². The van der Waals surface area contributed by atoms with Crippen LogP contribution in [0.1, 0.15) is 27.2 Å². The Labute approximate surface area is 97.5 Å². The molecule has 2 aliphatic heterocycles. The third-order valence-electron chi connectivity index (χ3n) is 2.98. The van der Waals surface area contributed by atoms with Crippen molar-refractivity contribution in [2.24, 2.45) is 0 Å². The SMILES string of the molecule is CC[C@@H]1CN(P2OC(C)C(C)S2)CCO1. The van der Waals surface area contributed by atoms with Gasteiger partial charge in [-0.25, -0.2) is 4.67 Å². The van der Waals surface area contributed by atoms with Crippen molar-refractivity contribution in [2.45, 2.75) is 44.6 Å². The maximum Gasteiger partial charge on any atom is 0.170 e. The Bertz CT molecular complexity index is 210. The highest BCUT2D eigenvalue weighted by Crippen LogP contribution is 2.63. The minimum atomic E-state index is -0.404. The molecule has 3 nitrogen and oxygen atoms in total. The highest BCUT2D eigenvalue weighted by atomic mass is 32.7. The van der Waals surface area contributed by atoms with Gasteiger partial charge in [-0.1, -0.05) is 25.2 Å². The number of ether oxygens (including phenoxy) is 1. The summed E-state index contributed by atoms with van der Waals surface area (Å²) in [7, 11) is -0.404. The van der Waals surface area contributed by atoms with Gasteiger partial charge in [0.15, 0.2) is 7.50 Å². The molecule has 0 spiro atoms. The average Bonchev–Trinajstić information content (AvgIpc) is 2.59. The van der Waals surface area contributed by atoms with E-state index < -0.39 is 7.50 Å². The van der Waals surface area contributed by atoms with E-state index in [2.05, 4.69) is 25.4 Å². The smallest absolute Gasteiger partial charge is 0.170 e. The predicted octanol–water partition coefficient (Wildman–Crippen LogP) is 2.86. The molecular weight excluding hydrogens is 229 g/mol. The summed E-state index contributed by atoms with van der Waals surface area (Å²) in [5.74, 6) is 0. The van der Waals surface area contributed by atoms with E-state index >= 15 is 0 Å². The van der Waals surface area contributed by atoms with Crippen LogP contribution in [0, 0.1) is 0 Å². The molecule has 88 valence electrons. The maximum absolute atomic E-state index is 6.00. The molecule has 0 saturated carbocycles. The molecule has 2 rings (SSSR count). The molecule has 5 heteroatoms. The van der Waals surface area contributed by atoms with Gasteiger partial charge in [0.05, 0.1) is 18.8 Å². The molecule has 0 N–H and O–H groups in total. The van der Waals surface area contributed by atoms with Gasteiger partial charge in [-0.15, -0.1) is 0 Å². The first-order valence-corrected chi connectivity index (χ1v) is 8.40. The molecule has 0 radical (unpaired) electrons. The maximum atomic E-state index is 6.00. The van der Waals surface area contributed by atoms with Crippen molar-refractivity contribution in [3.63, 3.8) is 0 Å². The fourth-order valence-corrected chi connectivity index (χ4v) is 6.42. The molecular formula is C10H20NO2PS. The molecule has 2 heterocycles. The molecule has 4 atom stereocenters. The van der Waals surface area contributed by atoms with E-state index in [0.29, 0.717) is 17.5 Å². The first-order chi connectivity index (χ1) is 7.20. The zero-order valence-electron chi connectivity index (χ0n) is 9.68. The summed E-state index contributed by atoms with van der Waals surface area (Å²) in [4.78, 5) is 0. The first-order valence-electron chi connectivity index (χ1n) is 5.71. The van der Waals surface area contributed by atoms with Gasteiger partial charge in [0, 0.05) is 18.3 Å². The lowest BCUT2D eigenvalue weighted by atomic mass is 10.2. The molecule has 2 saturated heterocycles. The van der Waals surface area contributed by atoms with E-state index in [0.717, 1.165) is 26.1 Å². The number of hydrogen-bond donors (Lipinski definition) is 0. The van der Waals surface area contributed by atoms with Crippen molar-refractivity contribution in [2.75, 3.05) is 19.7 Å². The van der Waals surface area contributed by atoms with Gasteiger partial charge >= 0.3 is 0 Å². The van der Waals surface area contributed by atoms with Crippen molar-refractivity contribution in [1.29, 1.82) is 0 Å². The monoisotopic (exact) mass is 249 g/mol. The number of nitrogens with zero attached hydrogens (tertiary/aromatic N) is 1. The summed E-state index contributed by atoms with van der Waals surface area (Å²) in [6.07, 6.45) is 1.93. The Balaban J connectivity index is 1.88. The molecule has 0 aromatic rings. The molecule has 2 fully saturated rings. The minimum absolute atomic E-state index is 0.404. The summed E-state index contributed by atoms with van der Waals surface area (Å²) in [6.45, 7) is 9.58. The predicted molar refractivity (Wildman–Crippen MR) is 66.1 cm³/mol. The fourth-order valence-electron chi connectivity index (χ4n) is 1.71. The lowest BCUT2D eigenvalue weighted by molar-refractivity contribution is -0.00433. The number of hydrogen-bond acceptors (Lipinski definition) is 4. The van der Waals surface area contributed by atoms with Crippen LogP contribution in [0.4, 0.5) is 0 Å². The molecule has 0 bridgehead atoms. The molecule has 0 aromatic carbocycles. The van der Waals surface area contributed by atoms with E-state index in [1.54, 1.807) is 0 Å². The summed E-state index contributed by atoms with van der Waals surface area (Å²) in [6, 6.07) is 0. The van der Waals surface area contributed by atoms with Crippen LogP contribution in [-0.4, -0.2) is 41.8 Å². The molecule has 0 aromatic heterocycles. The lowest BCUT2D eigenvalue weighted by Crippen LogP contribution is -2.38. The van der Waals surface area contributed by atoms with E-state index in [-0.39, 0.29) is 0 Å².